The summed E-state index contributed by atoms with van der Waals surface area (Å²) in [4.78, 5) is 36.7. The van der Waals surface area contributed by atoms with Crippen molar-refractivity contribution in [3.63, 3.8) is 0 Å². The second-order valence-corrected chi connectivity index (χ2v) is 6.87. The third-order valence-corrected chi connectivity index (χ3v) is 4.78. The van der Waals surface area contributed by atoms with Crippen LogP contribution in [0.3, 0.4) is 0 Å². The quantitative estimate of drug-likeness (QED) is 0.342. The average molecular weight is 444 g/mol. The lowest BCUT2D eigenvalue weighted by Crippen LogP contribution is -2.29. The number of amides is 1. The fourth-order valence-electron chi connectivity index (χ4n) is 2.55. The summed E-state index contributed by atoms with van der Waals surface area (Å²) in [6.07, 6.45) is -0.0446. The van der Waals surface area contributed by atoms with Gasteiger partial charge < -0.3 is 34.8 Å². The Bertz CT molecular complexity index is 808. The second kappa shape index (κ2) is 13.3. The number of nitrogen functional groups attached to an aromatic ring is 1. The molecule has 1 aromatic rings. The van der Waals surface area contributed by atoms with E-state index in [1.807, 2.05) is 13.8 Å². The van der Waals surface area contributed by atoms with Crippen LogP contribution in [0.4, 0.5) is 5.82 Å². The fourth-order valence-corrected chi connectivity index (χ4v) is 3.09. The highest BCUT2D eigenvalue weighted by Crippen LogP contribution is 2.40. The third kappa shape index (κ3) is 7.32. The van der Waals surface area contributed by atoms with Gasteiger partial charge in [-0.2, -0.15) is 4.98 Å². The number of aromatic nitrogens is 2. The summed E-state index contributed by atoms with van der Waals surface area (Å²) in [5, 5.41) is 12.0. The molecule has 0 bridgehead atoms. The molecule has 1 amide bonds. The third-order valence-electron chi connectivity index (χ3n) is 4.01. The summed E-state index contributed by atoms with van der Waals surface area (Å²) in [6.45, 7) is 3.64. The molecule has 4 atom stereocenters. The summed E-state index contributed by atoms with van der Waals surface area (Å²) in [5.74, 6) is 5.44. The molecule has 1 aliphatic heterocycles. The SMILES string of the molecule is CC.CNC(=O)CCC#Cc1cn(C2CC(OP(O)OC)C(CO)O2)c(=O)nc1N. The van der Waals surface area contributed by atoms with Gasteiger partial charge in [0.25, 0.3) is 0 Å². The van der Waals surface area contributed by atoms with Crippen LogP contribution in [0, 0.1) is 11.8 Å². The number of aliphatic hydroxyl groups excluding tert-OH is 1. The maximum Gasteiger partial charge on any atom is 0.351 e. The Balaban J connectivity index is 0.00000218. The van der Waals surface area contributed by atoms with Crippen molar-refractivity contribution in [2.45, 2.75) is 51.5 Å². The maximum atomic E-state index is 12.2. The van der Waals surface area contributed by atoms with Crippen LogP contribution in [-0.2, 0) is 18.6 Å². The Hall–Kier alpha value is -2.06. The van der Waals surface area contributed by atoms with Crippen LogP contribution >= 0.6 is 8.60 Å². The number of hydrogen-bond donors (Lipinski definition) is 4. The van der Waals surface area contributed by atoms with Gasteiger partial charge in [0.2, 0.25) is 5.91 Å². The largest absolute Gasteiger partial charge is 0.394 e. The highest BCUT2D eigenvalue weighted by Gasteiger charge is 2.39. The zero-order valence-electron chi connectivity index (χ0n) is 17.5. The smallest absolute Gasteiger partial charge is 0.351 e. The first-order valence-electron chi connectivity index (χ1n) is 9.43. The average Bonchev–Trinajstić information content (AvgIpc) is 3.15. The standard InChI is InChI=1S/C16H23N4O7P.C2H6/c1-18-13(22)6-4-3-5-10-8-20(16(23)19-15(10)17)14-7-11(12(9-21)26-14)27-28(24)25-2;1-2/h8,11-12,14,21,24H,4,6-7,9H2,1-2H3,(H,18,22)(H2,17,19,23);1-2H3. The molecule has 12 heteroatoms. The van der Waals surface area contributed by atoms with E-state index in [-0.39, 0.29) is 31.2 Å². The number of carbonyl (C=O) groups is 1. The van der Waals surface area contributed by atoms with Crippen molar-refractivity contribution >= 4 is 20.3 Å². The summed E-state index contributed by atoms with van der Waals surface area (Å²) >= 11 is 0. The Morgan fingerprint density at radius 3 is 2.83 bits per heavy atom. The van der Waals surface area contributed by atoms with Gasteiger partial charge in [0.1, 0.15) is 18.1 Å². The summed E-state index contributed by atoms with van der Waals surface area (Å²) in [6, 6.07) is 0. The van der Waals surface area contributed by atoms with Crippen molar-refractivity contribution in [1.82, 2.24) is 14.9 Å². The van der Waals surface area contributed by atoms with Crippen LogP contribution in [0.15, 0.2) is 11.0 Å². The van der Waals surface area contributed by atoms with E-state index in [0.717, 1.165) is 0 Å². The molecule has 0 aliphatic carbocycles. The zero-order chi connectivity index (χ0) is 22.7. The molecular weight excluding hydrogens is 415 g/mol. The summed E-state index contributed by atoms with van der Waals surface area (Å²) in [7, 11) is 0.714. The van der Waals surface area contributed by atoms with Crippen molar-refractivity contribution in [1.29, 1.82) is 0 Å². The molecule has 30 heavy (non-hydrogen) atoms. The van der Waals surface area contributed by atoms with Gasteiger partial charge in [-0.1, -0.05) is 25.7 Å². The van der Waals surface area contributed by atoms with Crippen LogP contribution in [0.25, 0.3) is 0 Å². The van der Waals surface area contributed by atoms with Crippen LogP contribution in [0.5, 0.6) is 0 Å². The second-order valence-electron chi connectivity index (χ2n) is 5.82. The van der Waals surface area contributed by atoms with Gasteiger partial charge in [-0.05, 0) is 0 Å². The highest BCUT2D eigenvalue weighted by atomic mass is 31.2. The molecule has 168 valence electrons. The monoisotopic (exact) mass is 444 g/mol. The molecule has 1 saturated heterocycles. The van der Waals surface area contributed by atoms with E-state index in [9.17, 15) is 19.6 Å². The minimum absolute atomic E-state index is 0.0311. The highest BCUT2D eigenvalue weighted by molar-refractivity contribution is 7.40. The van der Waals surface area contributed by atoms with Gasteiger partial charge in [-0.25, -0.2) is 4.79 Å². The van der Waals surface area contributed by atoms with E-state index < -0.39 is 32.7 Å². The predicted octanol–water partition coefficient (Wildman–Crippen LogP) is 0.260. The van der Waals surface area contributed by atoms with E-state index in [1.54, 1.807) is 7.05 Å². The first kappa shape index (κ1) is 26.0. The lowest BCUT2D eigenvalue weighted by atomic mass is 10.2. The normalized spacial score (nSPS) is 21.1. The number of rotatable bonds is 7. The van der Waals surface area contributed by atoms with Crippen molar-refractivity contribution < 1.29 is 28.6 Å². The van der Waals surface area contributed by atoms with Crippen molar-refractivity contribution in [2.75, 3.05) is 26.5 Å². The number of anilines is 1. The molecule has 5 N–H and O–H groups in total. The van der Waals surface area contributed by atoms with Gasteiger partial charge in [0.05, 0.1) is 18.3 Å². The number of carbonyl (C=O) groups excluding carboxylic acids is 1. The number of nitrogens with one attached hydrogen (secondary N) is 1. The van der Waals surface area contributed by atoms with E-state index in [0.29, 0.717) is 12.0 Å². The first-order chi connectivity index (χ1) is 14.4. The number of ether oxygens (including phenoxy) is 1. The van der Waals surface area contributed by atoms with Crippen molar-refractivity contribution in [3.8, 4) is 11.8 Å². The molecule has 1 aliphatic rings. The molecule has 11 nitrogen and oxygen atoms in total. The van der Waals surface area contributed by atoms with Crippen molar-refractivity contribution in [3.05, 3.63) is 22.2 Å². The zero-order valence-corrected chi connectivity index (χ0v) is 18.4. The Morgan fingerprint density at radius 2 is 2.23 bits per heavy atom. The van der Waals surface area contributed by atoms with Crippen LogP contribution < -0.4 is 16.7 Å². The Labute approximate surface area is 176 Å². The number of nitrogens with zero attached hydrogens (tertiary/aromatic N) is 2. The van der Waals surface area contributed by atoms with E-state index in [4.69, 9.17) is 19.5 Å². The lowest BCUT2D eigenvalue weighted by Gasteiger charge is -2.17. The van der Waals surface area contributed by atoms with Gasteiger partial charge in [0.15, 0.2) is 0 Å². The molecule has 1 fully saturated rings. The molecule has 0 saturated carbocycles. The fraction of sp³-hybridized carbons (Fsp3) is 0.611. The van der Waals surface area contributed by atoms with E-state index in [2.05, 4.69) is 22.1 Å². The molecular formula is C18H29N4O7P. The lowest BCUT2D eigenvalue weighted by molar-refractivity contribution is -0.120. The molecule has 0 spiro atoms. The molecule has 2 heterocycles. The number of hydrogen-bond acceptors (Lipinski definition) is 9. The van der Waals surface area contributed by atoms with Gasteiger partial charge in [-0.3, -0.25) is 9.36 Å². The summed E-state index contributed by atoms with van der Waals surface area (Å²) < 4.78 is 16.9. The maximum absolute atomic E-state index is 12.2. The van der Waals surface area contributed by atoms with Gasteiger partial charge in [0, 0.05) is 39.6 Å². The van der Waals surface area contributed by atoms with Gasteiger partial charge >= 0.3 is 14.3 Å². The van der Waals surface area contributed by atoms with Crippen LogP contribution in [-0.4, -0.2) is 58.4 Å². The number of aliphatic hydroxyl groups is 1. The van der Waals surface area contributed by atoms with E-state index >= 15 is 0 Å². The Morgan fingerprint density at radius 1 is 1.53 bits per heavy atom. The minimum atomic E-state index is -2.11. The van der Waals surface area contributed by atoms with Crippen LogP contribution in [0.2, 0.25) is 0 Å². The predicted molar refractivity (Wildman–Crippen MR) is 111 cm³/mol. The molecule has 1 aromatic heterocycles. The first-order valence-corrected chi connectivity index (χ1v) is 10.6. The van der Waals surface area contributed by atoms with Crippen LogP contribution in [0.1, 0.15) is 44.9 Å². The minimum Gasteiger partial charge on any atom is -0.394 e. The van der Waals surface area contributed by atoms with Gasteiger partial charge in [-0.15, -0.1) is 0 Å². The Kier molecular flexibility index (Phi) is 11.5. The molecule has 2 rings (SSSR count). The van der Waals surface area contributed by atoms with E-state index in [1.165, 1.54) is 17.9 Å². The number of nitrogens with two attached hydrogens (primary N) is 1. The molecule has 0 aromatic carbocycles. The molecule has 4 unspecified atom stereocenters. The topological polar surface area (TPSA) is 158 Å². The van der Waals surface area contributed by atoms with Crippen molar-refractivity contribution in [2.24, 2.45) is 0 Å². The summed E-state index contributed by atoms with van der Waals surface area (Å²) in [5.41, 5.74) is 5.43. The molecule has 0 radical (unpaired) electrons.